The van der Waals surface area contributed by atoms with Gasteiger partial charge in [-0.3, -0.25) is 4.79 Å². The highest BCUT2D eigenvalue weighted by atomic mass is 16.5. The standard InChI is InChI=1S/C50H82O2/c1-11-12-13-14-15-16-17-18-19-20-21-22-23-24-25-26-44(51)52-43-31-34-49-37-50(49)36-35-47(9)40(39(4)29-32-45(5,6)38(2)3)30-33-48(47,10)42(50)28-27-41(49)46(43,7)8/h12-13,15-16,18-19,39-43H,2,11,14,17,20-37H2,1,3-10H3/b13-12-,16-15-,19-18-/t39-,40-,41+,42+,43+,47-,48+,49-,50+/m1/s1. The smallest absolute Gasteiger partial charge is 0.306 e. The summed E-state index contributed by atoms with van der Waals surface area (Å²) in [6.45, 7) is 26.6. The molecule has 2 heteroatoms. The molecular formula is C50H82O2. The van der Waals surface area contributed by atoms with Gasteiger partial charge >= 0.3 is 5.97 Å². The maximum absolute atomic E-state index is 13.2. The van der Waals surface area contributed by atoms with E-state index >= 15 is 0 Å². The molecule has 0 aromatic rings. The van der Waals surface area contributed by atoms with Crippen LogP contribution in [0.15, 0.2) is 48.6 Å². The van der Waals surface area contributed by atoms with E-state index in [9.17, 15) is 4.79 Å². The van der Waals surface area contributed by atoms with Gasteiger partial charge in [0.05, 0.1) is 0 Å². The van der Waals surface area contributed by atoms with E-state index < -0.39 is 0 Å². The topological polar surface area (TPSA) is 26.3 Å². The molecule has 0 amide bonds. The highest BCUT2D eigenvalue weighted by Crippen LogP contribution is 2.89. The largest absolute Gasteiger partial charge is 0.462 e. The second kappa shape index (κ2) is 16.7. The Balaban J connectivity index is 1.06. The molecule has 0 radical (unpaired) electrons. The fraction of sp³-hybridized carbons (Fsp3) is 0.820. The lowest BCUT2D eigenvalue weighted by Crippen LogP contribution is -2.58. The number of hydrogen-bond acceptors (Lipinski definition) is 2. The summed E-state index contributed by atoms with van der Waals surface area (Å²) in [5.74, 6) is 3.28. The molecular weight excluding hydrogens is 633 g/mol. The van der Waals surface area contributed by atoms with Crippen LogP contribution in [-0.4, -0.2) is 12.1 Å². The molecule has 0 aromatic carbocycles. The quantitative estimate of drug-likeness (QED) is 0.0756. The third kappa shape index (κ3) is 7.90. The van der Waals surface area contributed by atoms with E-state index in [1.807, 2.05) is 0 Å². The van der Waals surface area contributed by atoms with Gasteiger partial charge in [-0.05, 0) is 167 Å². The fourth-order valence-corrected chi connectivity index (χ4v) is 13.6. The first-order valence-corrected chi connectivity index (χ1v) is 22.4. The Morgan fingerprint density at radius 3 is 2.13 bits per heavy atom. The summed E-state index contributed by atoms with van der Waals surface area (Å²) in [5, 5.41) is 0. The Morgan fingerprint density at radius 1 is 0.788 bits per heavy atom. The minimum Gasteiger partial charge on any atom is -0.462 e. The Labute approximate surface area is 322 Å². The van der Waals surface area contributed by atoms with Crippen molar-refractivity contribution < 1.29 is 9.53 Å². The zero-order valence-electron chi connectivity index (χ0n) is 35.7. The number of unbranched alkanes of at least 4 members (excludes halogenated alkanes) is 5. The maximum Gasteiger partial charge on any atom is 0.306 e. The monoisotopic (exact) mass is 715 g/mol. The van der Waals surface area contributed by atoms with Crippen LogP contribution in [0.25, 0.3) is 0 Å². The van der Waals surface area contributed by atoms with Gasteiger partial charge in [-0.15, -0.1) is 0 Å². The minimum atomic E-state index is 0.0630. The molecule has 2 spiro atoms. The summed E-state index contributed by atoms with van der Waals surface area (Å²) in [6.07, 6.45) is 39.4. The minimum absolute atomic E-state index is 0.0630. The van der Waals surface area contributed by atoms with E-state index in [1.165, 1.54) is 95.5 Å². The van der Waals surface area contributed by atoms with E-state index in [4.69, 9.17) is 4.74 Å². The predicted molar refractivity (Wildman–Crippen MR) is 223 cm³/mol. The van der Waals surface area contributed by atoms with Crippen LogP contribution >= 0.6 is 0 Å². The average Bonchev–Trinajstić information content (AvgIpc) is 3.68. The van der Waals surface area contributed by atoms with Gasteiger partial charge in [-0.25, -0.2) is 0 Å². The Morgan fingerprint density at radius 2 is 1.42 bits per heavy atom. The second-order valence-corrected chi connectivity index (χ2v) is 20.8. The predicted octanol–water partition coefficient (Wildman–Crippen LogP) is 14.9. The maximum atomic E-state index is 13.2. The highest BCUT2D eigenvalue weighted by Gasteiger charge is 2.82. The van der Waals surface area contributed by atoms with E-state index in [1.54, 1.807) is 0 Å². The van der Waals surface area contributed by atoms with Crippen LogP contribution < -0.4 is 0 Å². The number of carbonyl (C=O) groups is 1. The zero-order valence-corrected chi connectivity index (χ0v) is 35.7. The summed E-state index contributed by atoms with van der Waals surface area (Å²) < 4.78 is 6.42. The average molecular weight is 715 g/mol. The van der Waals surface area contributed by atoms with Crippen LogP contribution in [0.3, 0.4) is 0 Å². The number of esters is 1. The van der Waals surface area contributed by atoms with Crippen LogP contribution in [0.1, 0.15) is 197 Å². The molecule has 0 heterocycles. The van der Waals surface area contributed by atoms with Crippen molar-refractivity contribution >= 4 is 5.97 Å². The molecule has 9 atom stereocenters. The summed E-state index contributed by atoms with van der Waals surface area (Å²) >= 11 is 0. The number of ether oxygens (including phenoxy) is 1. The van der Waals surface area contributed by atoms with Gasteiger partial charge in [-0.2, -0.15) is 0 Å². The number of carbonyl (C=O) groups excluding carboxylic acids is 1. The van der Waals surface area contributed by atoms with Gasteiger partial charge in [-0.1, -0.05) is 123 Å². The molecule has 5 fully saturated rings. The first-order valence-electron chi connectivity index (χ1n) is 22.4. The normalized spacial score (nSPS) is 37.1. The SMILES string of the molecule is C=C(C)C(C)(C)CC[C@@H](C)[C@H]1CC[C@@]2(C)[C@@H]3CC[C@H]4C(C)(C)[C@@H](OC(=O)CCCCCCC/C=C\C/C=C\C/C=C\CC)CC[C@@]45C[C@@]35CC[C@]12C. The summed E-state index contributed by atoms with van der Waals surface area (Å²) in [5.41, 5.74) is 3.63. The lowest BCUT2D eigenvalue weighted by molar-refractivity contribution is -0.183. The first kappa shape index (κ1) is 41.6. The van der Waals surface area contributed by atoms with Crippen molar-refractivity contribution in [1.82, 2.24) is 0 Å². The van der Waals surface area contributed by atoms with Gasteiger partial charge in [0, 0.05) is 11.8 Å². The second-order valence-electron chi connectivity index (χ2n) is 20.8. The third-order valence-electron chi connectivity index (χ3n) is 17.5. The molecule has 0 N–H and O–H groups in total. The van der Waals surface area contributed by atoms with Crippen LogP contribution in [-0.2, 0) is 9.53 Å². The molecule has 52 heavy (non-hydrogen) atoms. The Kier molecular flexibility index (Phi) is 13.3. The van der Waals surface area contributed by atoms with E-state index in [-0.39, 0.29) is 22.9 Å². The van der Waals surface area contributed by atoms with Gasteiger partial charge in [0.15, 0.2) is 0 Å². The van der Waals surface area contributed by atoms with Gasteiger partial charge in [0.1, 0.15) is 6.10 Å². The molecule has 5 saturated carbocycles. The van der Waals surface area contributed by atoms with Crippen molar-refractivity contribution in [3.05, 3.63) is 48.6 Å². The molecule has 294 valence electrons. The highest BCUT2D eigenvalue weighted by molar-refractivity contribution is 5.69. The summed E-state index contributed by atoms with van der Waals surface area (Å²) in [4.78, 5) is 13.2. The van der Waals surface area contributed by atoms with Gasteiger partial charge < -0.3 is 4.74 Å². The number of hydrogen-bond donors (Lipinski definition) is 0. The molecule has 5 aliphatic carbocycles. The van der Waals surface area contributed by atoms with Crippen LogP contribution in [0, 0.1) is 56.2 Å². The Bertz CT molecular complexity index is 1310. The van der Waals surface area contributed by atoms with Crippen molar-refractivity contribution in [3.8, 4) is 0 Å². The van der Waals surface area contributed by atoms with Crippen molar-refractivity contribution in [2.24, 2.45) is 56.2 Å². The van der Waals surface area contributed by atoms with Gasteiger partial charge in [0.2, 0.25) is 0 Å². The lowest BCUT2D eigenvalue weighted by Gasteiger charge is -2.63. The Hall–Kier alpha value is -1.57. The van der Waals surface area contributed by atoms with Crippen molar-refractivity contribution in [3.63, 3.8) is 0 Å². The molecule has 0 bridgehead atoms. The van der Waals surface area contributed by atoms with Crippen LogP contribution in [0.2, 0.25) is 0 Å². The molecule has 2 nitrogen and oxygen atoms in total. The van der Waals surface area contributed by atoms with Crippen molar-refractivity contribution in [2.75, 3.05) is 0 Å². The molecule has 5 aliphatic rings. The zero-order chi connectivity index (χ0) is 37.8. The van der Waals surface area contributed by atoms with Crippen molar-refractivity contribution in [1.29, 1.82) is 0 Å². The summed E-state index contributed by atoms with van der Waals surface area (Å²) in [6, 6.07) is 0. The fourth-order valence-electron chi connectivity index (χ4n) is 13.6. The molecule has 5 rings (SSSR count). The van der Waals surface area contributed by atoms with Gasteiger partial charge in [0.25, 0.3) is 0 Å². The lowest BCUT2D eigenvalue weighted by atomic mass is 9.41. The van der Waals surface area contributed by atoms with Crippen molar-refractivity contribution in [2.45, 2.75) is 203 Å². The van der Waals surface area contributed by atoms with E-state index in [0.717, 1.165) is 56.3 Å². The summed E-state index contributed by atoms with van der Waals surface area (Å²) in [7, 11) is 0. The number of allylic oxidation sites excluding steroid dienone is 7. The first-order chi connectivity index (χ1) is 24.6. The molecule has 0 aliphatic heterocycles. The van der Waals surface area contributed by atoms with Crippen LogP contribution in [0.4, 0.5) is 0 Å². The molecule has 0 aromatic heterocycles. The molecule has 0 unspecified atom stereocenters. The van der Waals surface area contributed by atoms with E-state index in [2.05, 4.69) is 105 Å². The van der Waals surface area contributed by atoms with E-state index in [0.29, 0.717) is 34.0 Å². The number of fused-ring (bicyclic) bond motifs is 2. The molecule has 0 saturated heterocycles. The number of rotatable bonds is 19. The third-order valence-corrected chi connectivity index (χ3v) is 17.5. The van der Waals surface area contributed by atoms with Crippen LogP contribution in [0.5, 0.6) is 0 Å².